The molecule has 102 valence electrons. The number of nitrogens with one attached hydrogen (secondary N) is 2. The van der Waals surface area contributed by atoms with Crippen molar-refractivity contribution in [3.63, 3.8) is 0 Å². The summed E-state index contributed by atoms with van der Waals surface area (Å²) in [5, 5.41) is 6.09. The Kier molecular flexibility index (Phi) is 7.40. The summed E-state index contributed by atoms with van der Waals surface area (Å²) in [6.45, 7) is 2.30. The van der Waals surface area contributed by atoms with Crippen LogP contribution in [0.1, 0.15) is 32.1 Å². The van der Waals surface area contributed by atoms with Gasteiger partial charge in [-0.15, -0.1) is 24.8 Å². The largest absolute Gasteiger partial charge is 0.354 e. The van der Waals surface area contributed by atoms with E-state index in [1.54, 1.807) is 0 Å². The van der Waals surface area contributed by atoms with Crippen LogP contribution in [0.5, 0.6) is 0 Å². The van der Waals surface area contributed by atoms with Crippen molar-refractivity contribution in [2.45, 2.75) is 37.6 Å². The van der Waals surface area contributed by atoms with Crippen LogP contribution in [0.2, 0.25) is 0 Å². The molecule has 0 aromatic carbocycles. The van der Waals surface area contributed by atoms with Crippen molar-refractivity contribution in [3.05, 3.63) is 0 Å². The molecule has 1 amide bonds. The van der Waals surface area contributed by atoms with Gasteiger partial charge in [0, 0.05) is 25.2 Å². The number of nitrogens with two attached hydrogens (primary N) is 1. The molecule has 17 heavy (non-hydrogen) atoms. The fourth-order valence-electron chi connectivity index (χ4n) is 2.31. The molecule has 1 aliphatic carbocycles. The molecular formula is C11H23Cl2N3O. The maximum Gasteiger partial charge on any atom is 0.225 e. The van der Waals surface area contributed by atoms with Gasteiger partial charge in [0.25, 0.3) is 0 Å². The van der Waals surface area contributed by atoms with E-state index in [-0.39, 0.29) is 42.2 Å². The molecule has 4 nitrogen and oxygen atoms in total. The quantitative estimate of drug-likeness (QED) is 0.719. The molecule has 2 aliphatic rings. The lowest BCUT2D eigenvalue weighted by molar-refractivity contribution is -0.126. The van der Waals surface area contributed by atoms with Crippen molar-refractivity contribution in [2.75, 3.05) is 19.6 Å². The normalized spacial score (nSPS) is 22.6. The first kappa shape index (κ1) is 17.0. The Morgan fingerprint density at radius 1 is 1.24 bits per heavy atom. The zero-order valence-electron chi connectivity index (χ0n) is 10.0. The van der Waals surface area contributed by atoms with Crippen LogP contribution in [0.4, 0.5) is 0 Å². The minimum absolute atomic E-state index is 0. The van der Waals surface area contributed by atoms with Gasteiger partial charge in [0.05, 0.1) is 5.92 Å². The number of carbonyl (C=O) groups is 1. The highest BCUT2D eigenvalue weighted by Gasteiger charge is 2.30. The Balaban J connectivity index is 0.00000128. The van der Waals surface area contributed by atoms with Gasteiger partial charge in [-0.05, 0) is 12.8 Å². The third kappa shape index (κ3) is 4.62. The van der Waals surface area contributed by atoms with Gasteiger partial charge < -0.3 is 16.4 Å². The molecule has 0 unspecified atom stereocenters. The molecule has 0 aromatic rings. The lowest BCUT2D eigenvalue weighted by Gasteiger charge is -2.35. The first-order chi connectivity index (χ1) is 7.20. The second kappa shape index (κ2) is 7.41. The summed E-state index contributed by atoms with van der Waals surface area (Å²) in [4.78, 5) is 11.6. The summed E-state index contributed by atoms with van der Waals surface area (Å²) in [5.74, 6) is 0.348. The third-order valence-corrected chi connectivity index (χ3v) is 3.62. The molecule has 4 N–H and O–H groups in total. The fraction of sp³-hybridized carbons (Fsp3) is 0.909. The van der Waals surface area contributed by atoms with Crippen LogP contribution in [0.3, 0.4) is 0 Å². The van der Waals surface area contributed by atoms with Gasteiger partial charge in [-0.3, -0.25) is 4.79 Å². The van der Waals surface area contributed by atoms with Crippen molar-refractivity contribution in [2.24, 2.45) is 11.7 Å². The number of halogens is 2. The molecule has 0 bridgehead atoms. The fourth-order valence-corrected chi connectivity index (χ4v) is 2.31. The lowest BCUT2D eigenvalue weighted by atomic mass is 9.82. The second-order valence-corrected chi connectivity index (χ2v) is 5.00. The Bertz CT molecular complexity index is 241. The van der Waals surface area contributed by atoms with Gasteiger partial charge in [0.15, 0.2) is 0 Å². The van der Waals surface area contributed by atoms with Crippen LogP contribution >= 0.6 is 24.8 Å². The van der Waals surface area contributed by atoms with E-state index in [2.05, 4.69) is 10.6 Å². The molecule has 1 aliphatic heterocycles. The number of carbonyl (C=O) groups excluding carboxylic acids is 1. The molecular weight excluding hydrogens is 261 g/mol. The number of hydrogen-bond acceptors (Lipinski definition) is 3. The molecule has 1 saturated carbocycles. The molecule has 0 aromatic heterocycles. The SMILES string of the molecule is Cl.Cl.NC1(CNC(=O)C2CNC2)CCCCC1. The molecule has 0 spiro atoms. The van der Waals surface area contributed by atoms with E-state index in [4.69, 9.17) is 5.73 Å². The third-order valence-electron chi connectivity index (χ3n) is 3.62. The Hall–Kier alpha value is -0.0300. The molecule has 0 radical (unpaired) electrons. The van der Waals surface area contributed by atoms with Crippen LogP contribution in [0.25, 0.3) is 0 Å². The maximum absolute atomic E-state index is 11.6. The second-order valence-electron chi connectivity index (χ2n) is 5.00. The van der Waals surface area contributed by atoms with Gasteiger partial charge >= 0.3 is 0 Å². The molecule has 2 rings (SSSR count). The zero-order chi connectivity index (χ0) is 10.7. The lowest BCUT2D eigenvalue weighted by Crippen LogP contribution is -2.56. The highest BCUT2D eigenvalue weighted by molar-refractivity contribution is 5.85. The van der Waals surface area contributed by atoms with Crippen molar-refractivity contribution in [1.29, 1.82) is 0 Å². The van der Waals surface area contributed by atoms with E-state index in [1.807, 2.05) is 0 Å². The molecule has 2 fully saturated rings. The number of rotatable bonds is 3. The predicted octanol–water partition coefficient (Wildman–Crippen LogP) is 0.827. The van der Waals surface area contributed by atoms with Crippen LogP contribution in [0.15, 0.2) is 0 Å². The van der Waals surface area contributed by atoms with E-state index in [9.17, 15) is 4.79 Å². The minimum Gasteiger partial charge on any atom is -0.354 e. The maximum atomic E-state index is 11.6. The van der Waals surface area contributed by atoms with E-state index >= 15 is 0 Å². The highest BCUT2D eigenvalue weighted by atomic mass is 35.5. The molecule has 1 heterocycles. The van der Waals surface area contributed by atoms with Gasteiger partial charge in [0.1, 0.15) is 0 Å². The van der Waals surface area contributed by atoms with Gasteiger partial charge in [0.2, 0.25) is 5.91 Å². The Morgan fingerprint density at radius 2 is 1.82 bits per heavy atom. The van der Waals surface area contributed by atoms with Gasteiger partial charge in [-0.1, -0.05) is 19.3 Å². The average molecular weight is 284 g/mol. The summed E-state index contributed by atoms with van der Waals surface area (Å²) in [6.07, 6.45) is 5.81. The van der Waals surface area contributed by atoms with Crippen molar-refractivity contribution in [1.82, 2.24) is 10.6 Å². The van der Waals surface area contributed by atoms with E-state index < -0.39 is 0 Å². The van der Waals surface area contributed by atoms with E-state index in [1.165, 1.54) is 19.3 Å². The zero-order valence-corrected chi connectivity index (χ0v) is 11.7. The van der Waals surface area contributed by atoms with Gasteiger partial charge in [-0.2, -0.15) is 0 Å². The summed E-state index contributed by atoms with van der Waals surface area (Å²) >= 11 is 0. The first-order valence-corrected chi connectivity index (χ1v) is 5.97. The summed E-state index contributed by atoms with van der Waals surface area (Å²) in [6, 6.07) is 0. The summed E-state index contributed by atoms with van der Waals surface area (Å²) in [5.41, 5.74) is 6.10. The monoisotopic (exact) mass is 283 g/mol. The Labute approximate surface area is 115 Å². The summed E-state index contributed by atoms with van der Waals surface area (Å²) in [7, 11) is 0. The Morgan fingerprint density at radius 3 is 2.29 bits per heavy atom. The highest BCUT2D eigenvalue weighted by Crippen LogP contribution is 2.25. The van der Waals surface area contributed by atoms with Crippen LogP contribution in [-0.4, -0.2) is 31.1 Å². The van der Waals surface area contributed by atoms with Crippen molar-refractivity contribution < 1.29 is 4.79 Å². The van der Waals surface area contributed by atoms with Crippen LogP contribution in [-0.2, 0) is 4.79 Å². The van der Waals surface area contributed by atoms with Crippen molar-refractivity contribution in [3.8, 4) is 0 Å². The first-order valence-electron chi connectivity index (χ1n) is 5.97. The van der Waals surface area contributed by atoms with Crippen LogP contribution in [0, 0.1) is 5.92 Å². The van der Waals surface area contributed by atoms with Gasteiger partial charge in [-0.25, -0.2) is 0 Å². The topological polar surface area (TPSA) is 67.1 Å². The van der Waals surface area contributed by atoms with E-state index in [0.29, 0.717) is 6.54 Å². The number of amides is 1. The molecule has 0 atom stereocenters. The minimum atomic E-state index is -0.134. The standard InChI is InChI=1S/C11H21N3O.2ClH/c12-11(4-2-1-3-5-11)8-14-10(15)9-6-13-7-9;;/h9,13H,1-8,12H2,(H,14,15);2*1H. The molecule has 1 saturated heterocycles. The number of hydrogen-bond donors (Lipinski definition) is 3. The summed E-state index contributed by atoms with van der Waals surface area (Å²) < 4.78 is 0. The van der Waals surface area contributed by atoms with Crippen LogP contribution < -0.4 is 16.4 Å². The predicted molar refractivity (Wildman–Crippen MR) is 73.9 cm³/mol. The average Bonchev–Trinajstić information content (AvgIpc) is 2.14. The van der Waals surface area contributed by atoms with E-state index in [0.717, 1.165) is 25.9 Å². The smallest absolute Gasteiger partial charge is 0.225 e. The molecule has 6 heteroatoms. The van der Waals surface area contributed by atoms with Crippen molar-refractivity contribution >= 4 is 30.7 Å².